The van der Waals surface area contributed by atoms with Gasteiger partial charge >= 0.3 is 0 Å². The standard InChI is InChI=1S/C15H20N4OS/c1-16-13-10-14(19-15(18-13)21-3)17-12-7-5-4-6-11(12)8-9-20-2/h4-7,10H,8-9H2,1-3H3,(H2,16,17,18,19). The second-order valence-corrected chi connectivity index (χ2v) is 5.17. The van der Waals surface area contributed by atoms with Crippen molar-refractivity contribution >= 4 is 29.1 Å². The monoisotopic (exact) mass is 304 g/mol. The van der Waals surface area contributed by atoms with Gasteiger partial charge < -0.3 is 15.4 Å². The van der Waals surface area contributed by atoms with Crippen LogP contribution in [0.5, 0.6) is 0 Å². The van der Waals surface area contributed by atoms with Crippen molar-refractivity contribution in [1.29, 1.82) is 0 Å². The first-order chi connectivity index (χ1) is 10.3. The van der Waals surface area contributed by atoms with Crippen LogP contribution in [0.15, 0.2) is 35.5 Å². The van der Waals surface area contributed by atoms with Gasteiger partial charge in [0.1, 0.15) is 11.6 Å². The SMILES string of the molecule is CNc1cc(Nc2ccccc2CCOC)nc(SC)n1. The summed E-state index contributed by atoms with van der Waals surface area (Å²) in [6.45, 7) is 0.695. The Morgan fingerprint density at radius 3 is 2.67 bits per heavy atom. The predicted octanol–water partition coefficient (Wildman–Crippen LogP) is 3.17. The Morgan fingerprint density at radius 2 is 1.95 bits per heavy atom. The number of methoxy groups -OCH3 is 1. The van der Waals surface area contributed by atoms with E-state index in [9.17, 15) is 0 Å². The Hall–Kier alpha value is -1.79. The highest BCUT2D eigenvalue weighted by atomic mass is 32.2. The summed E-state index contributed by atoms with van der Waals surface area (Å²) in [5.41, 5.74) is 2.25. The van der Waals surface area contributed by atoms with Gasteiger partial charge in [0, 0.05) is 25.9 Å². The number of anilines is 3. The van der Waals surface area contributed by atoms with Crippen LogP contribution in [-0.2, 0) is 11.2 Å². The average molecular weight is 304 g/mol. The molecular weight excluding hydrogens is 284 g/mol. The van der Waals surface area contributed by atoms with E-state index in [1.807, 2.05) is 37.6 Å². The molecule has 2 rings (SSSR count). The van der Waals surface area contributed by atoms with Crippen molar-refractivity contribution in [2.45, 2.75) is 11.6 Å². The maximum Gasteiger partial charge on any atom is 0.191 e. The molecule has 0 unspecified atom stereocenters. The molecule has 0 saturated carbocycles. The van der Waals surface area contributed by atoms with Gasteiger partial charge in [-0.15, -0.1) is 0 Å². The molecule has 0 spiro atoms. The highest BCUT2D eigenvalue weighted by Crippen LogP contribution is 2.23. The van der Waals surface area contributed by atoms with E-state index in [4.69, 9.17) is 4.74 Å². The van der Waals surface area contributed by atoms with Gasteiger partial charge in [-0.05, 0) is 24.3 Å². The third kappa shape index (κ3) is 4.34. The highest BCUT2D eigenvalue weighted by Gasteiger charge is 2.06. The lowest BCUT2D eigenvalue weighted by molar-refractivity contribution is 0.202. The van der Waals surface area contributed by atoms with Crippen LogP contribution in [0.1, 0.15) is 5.56 Å². The second-order valence-electron chi connectivity index (χ2n) is 4.40. The van der Waals surface area contributed by atoms with Crippen LogP contribution in [0.25, 0.3) is 0 Å². The van der Waals surface area contributed by atoms with E-state index in [-0.39, 0.29) is 0 Å². The number of nitrogens with one attached hydrogen (secondary N) is 2. The van der Waals surface area contributed by atoms with Gasteiger partial charge in [-0.2, -0.15) is 0 Å². The predicted molar refractivity (Wildman–Crippen MR) is 88.7 cm³/mol. The molecule has 0 fully saturated rings. The van der Waals surface area contributed by atoms with Gasteiger partial charge in [0.2, 0.25) is 0 Å². The van der Waals surface area contributed by atoms with Crippen LogP contribution in [0, 0.1) is 0 Å². The Morgan fingerprint density at radius 1 is 1.19 bits per heavy atom. The number of aromatic nitrogens is 2. The van der Waals surface area contributed by atoms with E-state index in [2.05, 4.69) is 26.7 Å². The number of hydrogen-bond donors (Lipinski definition) is 2. The molecule has 0 bridgehead atoms. The van der Waals surface area contributed by atoms with Gasteiger partial charge in [0.25, 0.3) is 0 Å². The minimum absolute atomic E-state index is 0.695. The molecule has 1 heterocycles. The lowest BCUT2D eigenvalue weighted by Gasteiger charge is -2.12. The first-order valence-corrected chi connectivity index (χ1v) is 7.94. The molecule has 0 aliphatic rings. The van der Waals surface area contributed by atoms with E-state index in [0.717, 1.165) is 28.9 Å². The zero-order chi connectivity index (χ0) is 15.1. The number of ether oxygens (including phenoxy) is 1. The van der Waals surface area contributed by atoms with Gasteiger partial charge in [0.15, 0.2) is 5.16 Å². The number of nitrogens with zero attached hydrogens (tertiary/aromatic N) is 2. The molecule has 0 amide bonds. The minimum atomic E-state index is 0.695. The Balaban J connectivity index is 2.25. The summed E-state index contributed by atoms with van der Waals surface area (Å²) < 4.78 is 5.16. The number of rotatable bonds is 7. The number of thioether (sulfide) groups is 1. The fourth-order valence-electron chi connectivity index (χ4n) is 1.92. The van der Waals surface area contributed by atoms with Crippen molar-refractivity contribution in [3.05, 3.63) is 35.9 Å². The molecule has 0 atom stereocenters. The van der Waals surface area contributed by atoms with Crippen LogP contribution in [0.2, 0.25) is 0 Å². The maximum absolute atomic E-state index is 5.16. The molecule has 0 aliphatic heterocycles. The zero-order valence-corrected chi connectivity index (χ0v) is 13.3. The highest BCUT2D eigenvalue weighted by molar-refractivity contribution is 7.98. The third-order valence-corrected chi connectivity index (χ3v) is 3.55. The molecule has 5 nitrogen and oxygen atoms in total. The molecular formula is C15H20N4OS. The summed E-state index contributed by atoms with van der Waals surface area (Å²) in [6.07, 6.45) is 2.82. The van der Waals surface area contributed by atoms with E-state index >= 15 is 0 Å². The molecule has 6 heteroatoms. The quantitative estimate of drug-likeness (QED) is 0.605. The molecule has 112 valence electrons. The van der Waals surface area contributed by atoms with Crippen LogP contribution in [-0.4, -0.2) is 37.0 Å². The van der Waals surface area contributed by atoms with Crippen LogP contribution < -0.4 is 10.6 Å². The molecule has 2 aromatic rings. The zero-order valence-electron chi connectivity index (χ0n) is 12.5. The molecule has 0 radical (unpaired) electrons. The molecule has 0 aliphatic carbocycles. The Kier molecular flexibility index (Phi) is 5.83. The lowest BCUT2D eigenvalue weighted by Crippen LogP contribution is -2.03. The smallest absolute Gasteiger partial charge is 0.191 e. The van der Waals surface area contributed by atoms with Crippen LogP contribution in [0.4, 0.5) is 17.3 Å². The first kappa shape index (κ1) is 15.6. The van der Waals surface area contributed by atoms with Crippen molar-refractivity contribution in [2.24, 2.45) is 0 Å². The summed E-state index contributed by atoms with van der Waals surface area (Å²) in [5, 5.41) is 7.16. The molecule has 1 aromatic heterocycles. The Labute approximate surface area is 129 Å². The summed E-state index contributed by atoms with van der Waals surface area (Å²) in [4.78, 5) is 8.85. The van der Waals surface area contributed by atoms with Crippen molar-refractivity contribution in [2.75, 3.05) is 37.7 Å². The fourth-order valence-corrected chi connectivity index (χ4v) is 2.30. The maximum atomic E-state index is 5.16. The normalized spacial score (nSPS) is 10.4. The summed E-state index contributed by atoms with van der Waals surface area (Å²) >= 11 is 1.52. The summed E-state index contributed by atoms with van der Waals surface area (Å²) in [6, 6.07) is 10.1. The van der Waals surface area contributed by atoms with E-state index in [0.29, 0.717) is 6.61 Å². The van der Waals surface area contributed by atoms with E-state index in [1.165, 1.54) is 17.3 Å². The number of para-hydroxylation sites is 1. The van der Waals surface area contributed by atoms with Gasteiger partial charge in [-0.3, -0.25) is 0 Å². The second kappa shape index (κ2) is 7.85. The third-order valence-electron chi connectivity index (χ3n) is 3.00. The molecule has 2 N–H and O–H groups in total. The van der Waals surface area contributed by atoms with Crippen molar-refractivity contribution in [1.82, 2.24) is 9.97 Å². The van der Waals surface area contributed by atoms with Crippen LogP contribution in [0.3, 0.4) is 0 Å². The topological polar surface area (TPSA) is 59.1 Å². The minimum Gasteiger partial charge on any atom is -0.384 e. The molecule has 21 heavy (non-hydrogen) atoms. The average Bonchev–Trinajstić information content (AvgIpc) is 2.53. The molecule has 0 saturated heterocycles. The van der Waals surface area contributed by atoms with Gasteiger partial charge in [-0.25, -0.2) is 9.97 Å². The fraction of sp³-hybridized carbons (Fsp3) is 0.333. The van der Waals surface area contributed by atoms with Crippen molar-refractivity contribution in [3.8, 4) is 0 Å². The number of benzene rings is 1. The summed E-state index contributed by atoms with van der Waals surface area (Å²) in [7, 11) is 3.56. The van der Waals surface area contributed by atoms with E-state index in [1.54, 1.807) is 7.11 Å². The van der Waals surface area contributed by atoms with Crippen molar-refractivity contribution in [3.63, 3.8) is 0 Å². The lowest BCUT2D eigenvalue weighted by atomic mass is 10.1. The Bertz CT molecular complexity index is 569. The van der Waals surface area contributed by atoms with Gasteiger partial charge in [-0.1, -0.05) is 30.0 Å². The van der Waals surface area contributed by atoms with Gasteiger partial charge in [0.05, 0.1) is 6.61 Å². The summed E-state index contributed by atoms with van der Waals surface area (Å²) in [5.74, 6) is 1.58. The van der Waals surface area contributed by atoms with E-state index < -0.39 is 0 Å². The van der Waals surface area contributed by atoms with Crippen LogP contribution >= 0.6 is 11.8 Å². The largest absolute Gasteiger partial charge is 0.384 e. The first-order valence-electron chi connectivity index (χ1n) is 6.71. The molecule has 1 aromatic carbocycles. The van der Waals surface area contributed by atoms with Crippen molar-refractivity contribution < 1.29 is 4.74 Å². The number of hydrogen-bond acceptors (Lipinski definition) is 6.